The lowest BCUT2D eigenvalue weighted by Gasteiger charge is -1.99. The summed E-state index contributed by atoms with van der Waals surface area (Å²) in [5, 5.41) is 0. The molecule has 0 saturated carbocycles. The summed E-state index contributed by atoms with van der Waals surface area (Å²) < 4.78 is 20.5. The van der Waals surface area contributed by atoms with E-state index in [4.69, 9.17) is 4.55 Å². The maximum atomic E-state index is 11.1. The third kappa shape index (κ3) is 2.96. The lowest BCUT2D eigenvalue weighted by molar-refractivity contribution is 0.0981. The van der Waals surface area contributed by atoms with Gasteiger partial charge in [-0.05, 0) is 19.1 Å². The first kappa shape index (κ1) is 9.88. The van der Waals surface area contributed by atoms with Crippen LogP contribution >= 0.6 is 0 Å². The van der Waals surface area contributed by atoms with E-state index in [1.54, 1.807) is 24.3 Å². The number of hydrogen-bond donors (Lipinski definition) is 2. The van der Waals surface area contributed by atoms with Crippen LogP contribution in [0.4, 0.5) is 0 Å². The molecule has 1 rings (SSSR count). The van der Waals surface area contributed by atoms with Crippen molar-refractivity contribution in [3.63, 3.8) is 0 Å². The van der Waals surface area contributed by atoms with Crippen LogP contribution in [-0.4, -0.2) is 14.7 Å². The second kappa shape index (κ2) is 4.15. The molecule has 0 bridgehead atoms. The van der Waals surface area contributed by atoms with Crippen molar-refractivity contribution in [2.45, 2.75) is 6.92 Å². The topological polar surface area (TPSA) is 66.4 Å². The van der Waals surface area contributed by atoms with Gasteiger partial charge in [-0.15, -0.1) is 0 Å². The zero-order valence-corrected chi connectivity index (χ0v) is 7.80. The number of aryl methyl sites for hydroxylation is 1. The molecule has 5 heteroatoms. The average molecular weight is 199 g/mol. The lowest BCUT2D eigenvalue weighted by Crippen LogP contribution is -2.24. The Kier molecular flexibility index (Phi) is 3.16. The van der Waals surface area contributed by atoms with Crippen LogP contribution in [0.3, 0.4) is 0 Å². The Morgan fingerprint density at radius 3 is 2.38 bits per heavy atom. The first-order valence-corrected chi connectivity index (χ1v) is 4.69. The molecule has 2 N–H and O–H groups in total. The number of carbonyl (C=O) groups excluding carboxylic acids is 1. The third-order valence-corrected chi connectivity index (χ3v) is 1.85. The van der Waals surface area contributed by atoms with Gasteiger partial charge in [0.2, 0.25) is 0 Å². The summed E-state index contributed by atoms with van der Waals surface area (Å²) in [5.41, 5.74) is 1.40. The minimum absolute atomic E-state index is 0.369. The number of benzene rings is 1. The second-order valence-electron chi connectivity index (χ2n) is 2.55. The highest BCUT2D eigenvalue weighted by molar-refractivity contribution is 7.77. The molecule has 13 heavy (non-hydrogen) atoms. The maximum absolute atomic E-state index is 11.1. The van der Waals surface area contributed by atoms with Crippen molar-refractivity contribution < 1.29 is 13.6 Å². The first-order chi connectivity index (χ1) is 6.09. The number of amides is 1. The average Bonchev–Trinajstić information content (AvgIpc) is 2.04. The van der Waals surface area contributed by atoms with Gasteiger partial charge in [0.25, 0.3) is 17.2 Å². The van der Waals surface area contributed by atoms with Gasteiger partial charge in [0, 0.05) is 5.56 Å². The molecule has 0 spiro atoms. The van der Waals surface area contributed by atoms with Crippen molar-refractivity contribution in [2.75, 3.05) is 0 Å². The minimum Gasteiger partial charge on any atom is -0.289 e. The fourth-order valence-corrected chi connectivity index (χ4v) is 1.12. The van der Waals surface area contributed by atoms with Gasteiger partial charge < -0.3 is 0 Å². The highest BCUT2D eigenvalue weighted by Crippen LogP contribution is 2.02. The number of rotatable bonds is 2. The fraction of sp³-hybridized carbons (Fsp3) is 0.125. The maximum Gasteiger partial charge on any atom is 0.264 e. The van der Waals surface area contributed by atoms with Crippen molar-refractivity contribution in [1.29, 1.82) is 0 Å². The molecule has 0 heterocycles. The van der Waals surface area contributed by atoms with Gasteiger partial charge in [-0.3, -0.25) is 9.35 Å². The number of carbonyl (C=O) groups is 1. The van der Waals surface area contributed by atoms with Crippen LogP contribution in [0.25, 0.3) is 0 Å². The molecule has 0 fully saturated rings. The largest absolute Gasteiger partial charge is 0.289 e. The Hall–Kier alpha value is -1.20. The van der Waals surface area contributed by atoms with Crippen molar-refractivity contribution in [3.8, 4) is 0 Å². The Morgan fingerprint density at radius 2 is 1.92 bits per heavy atom. The summed E-state index contributed by atoms with van der Waals surface area (Å²) in [5.74, 6) is -0.555. The number of nitrogens with one attached hydrogen (secondary N) is 1. The van der Waals surface area contributed by atoms with Gasteiger partial charge >= 0.3 is 0 Å². The SMILES string of the molecule is Cc1ccc(C(=O)NS(=O)O)cc1. The van der Waals surface area contributed by atoms with Gasteiger partial charge in [0.15, 0.2) is 0 Å². The van der Waals surface area contributed by atoms with E-state index in [0.717, 1.165) is 5.56 Å². The highest BCUT2D eigenvalue weighted by atomic mass is 32.2. The molecule has 0 aliphatic heterocycles. The van der Waals surface area contributed by atoms with E-state index < -0.39 is 17.2 Å². The van der Waals surface area contributed by atoms with E-state index in [1.807, 2.05) is 11.6 Å². The molecule has 70 valence electrons. The zero-order valence-electron chi connectivity index (χ0n) is 6.98. The van der Waals surface area contributed by atoms with Crippen LogP contribution in [0.15, 0.2) is 24.3 Å². The highest BCUT2D eigenvalue weighted by Gasteiger charge is 2.05. The third-order valence-electron chi connectivity index (χ3n) is 1.49. The molecule has 0 aliphatic carbocycles. The summed E-state index contributed by atoms with van der Waals surface area (Å²) in [6, 6.07) is 6.71. The molecule has 1 aromatic rings. The van der Waals surface area contributed by atoms with Gasteiger partial charge in [-0.25, -0.2) is 8.93 Å². The predicted molar refractivity (Wildman–Crippen MR) is 49.4 cm³/mol. The van der Waals surface area contributed by atoms with Crippen LogP contribution < -0.4 is 4.72 Å². The summed E-state index contributed by atoms with van der Waals surface area (Å²) in [6.07, 6.45) is 0. The summed E-state index contributed by atoms with van der Waals surface area (Å²) in [7, 11) is 0. The predicted octanol–water partition coefficient (Wildman–Crippen LogP) is 0.862. The second-order valence-corrected chi connectivity index (χ2v) is 3.25. The fourth-order valence-electron chi connectivity index (χ4n) is 0.843. The molecular weight excluding hydrogens is 190 g/mol. The molecule has 0 aliphatic rings. The van der Waals surface area contributed by atoms with Gasteiger partial charge in [0.1, 0.15) is 0 Å². The Balaban J connectivity index is 2.78. The molecule has 1 atom stereocenters. The smallest absolute Gasteiger partial charge is 0.264 e. The summed E-state index contributed by atoms with van der Waals surface area (Å²) >= 11 is -2.30. The Labute approximate surface area is 78.4 Å². The van der Waals surface area contributed by atoms with Crippen LogP contribution in [0.1, 0.15) is 15.9 Å². The van der Waals surface area contributed by atoms with Gasteiger partial charge in [0.05, 0.1) is 0 Å². The Morgan fingerprint density at radius 1 is 1.38 bits per heavy atom. The quantitative estimate of drug-likeness (QED) is 0.694. The first-order valence-electron chi connectivity index (χ1n) is 3.58. The minimum atomic E-state index is -2.30. The van der Waals surface area contributed by atoms with Crippen molar-refractivity contribution in [3.05, 3.63) is 35.4 Å². The van der Waals surface area contributed by atoms with E-state index in [0.29, 0.717) is 5.56 Å². The van der Waals surface area contributed by atoms with E-state index in [1.165, 1.54) is 0 Å². The molecular formula is C8H9NO3S. The van der Waals surface area contributed by atoms with Crippen molar-refractivity contribution >= 4 is 17.2 Å². The molecule has 1 amide bonds. The van der Waals surface area contributed by atoms with Crippen LogP contribution in [0.2, 0.25) is 0 Å². The Bertz CT molecular complexity index is 334. The van der Waals surface area contributed by atoms with Crippen molar-refractivity contribution in [1.82, 2.24) is 4.72 Å². The van der Waals surface area contributed by atoms with E-state index in [2.05, 4.69) is 0 Å². The van der Waals surface area contributed by atoms with Crippen LogP contribution in [0.5, 0.6) is 0 Å². The van der Waals surface area contributed by atoms with Crippen LogP contribution in [0, 0.1) is 6.92 Å². The van der Waals surface area contributed by atoms with Gasteiger partial charge in [-0.2, -0.15) is 0 Å². The lowest BCUT2D eigenvalue weighted by atomic mass is 10.1. The molecule has 1 aromatic carbocycles. The van der Waals surface area contributed by atoms with Crippen molar-refractivity contribution in [2.24, 2.45) is 0 Å². The van der Waals surface area contributed by atoms with E-state index in [-0.39, 0.29) is 0 Å². The van der Waals surface area contributed by atoms with E-state index in [9.17, 15) is 9.00 Å². The van der Waals surface area contributed by atoms with E-state index >= 15 is 0 Å². The molecule has 4 nitrogen and oxygen atoms in total. The molecule has 1 unspecified atom stereocenters. The monoisotopic (exact) mass is 199 g/mol. The summed E-state index contributed by atoms with van der Waals surface area (Å²) in [6.45, 7) is 1.89. The normalized spacial score (nSPS) is 12.2. The number of hydrogen-bond acceptors (Lipinski definition) is 2. The standard InChI is InChI=1S/C8H9NO3S/c1-6-2-4-7(5-3-6)8(10)9-13(11)12/h2-5H,1H3,(H,9,10)(H,11,12). The zero-order chi connectivity index (χ0) is 9.84. The van der Waals surface area contributed by atoms with Gasteiger partial charge in [-0.1, -0.05) is 17.7 Å². The van der Waals surface area contributed by atoms with Crippen LogP contribution in [-0.2, 0) is 11.3 Å². The molecule has 0 aromatic heterocycles. The molecule has 0 saturated heterocycles. The summed E-state index contributed by atoms with van der Waals surface area (Å²) in [4.78, 5) is 11.1. The molecule has 0 radical (unpaired) electrons.